The van der Waals surface area contributed by atoms with Gasteiger partial charge in [0.1, 0.15) is 12.4 Å². The van der Waals surface area contributed by atoms with Crippen LogP contribution in [0.5, 0.6) is 17.2 Å². The predicted octanol–water partition coefficient (Wildman–Crippen LogP) is 5.40. The molecule has 0 unspecified atom stereocenters. The molecule has 0 radical (unpaired) electrons. The molecule has 1 aromatic heterocycles. The van der Waals surface area contributed by atoms with Crippen molar-refractivity contribution < 1.29 is 19.0 Å². The molecule has 3 aromatic carbocycles. The lowest BCUT2D eigenvalue weighted by atomic mass is 10.1. The van der Waals surface area contributed by atoms with Crippen LogP contribution in [0.3, 0.4) is 0 Å². The third kappa shape index (κ3) is 5.63. The van der Waals surface area contributed by atoms with Crippen molar-refractivity contribution in [3.8, 4) is 17.2 Å². The normalized spacial score (nSPS) is 10.6. The molecule has 7 heteroatoms. The van der Waals surface area contributed by atoms with Crippen LogP contribution in [0.1, 0.15) is 32.9 Å². The van der Waals surface area contributed by atoms with Crippen LogP contribution in [0.15, 0.2) is 72.8 Å². The third-order valence-electron chi connectivity index (χ3n) is 5.74. The van der Waals surface area contributed by atoms with E-state index < -0.39 is 0 Å². The smallest absolute Gasteiger partial charge is 0.255 e. The molecule has 0 aliphatic rings. The van der Waals surface area contributed by atoms with Crippen LogP contribution in [0, 0.1) is 13.8 Å². The molecule has 1 heterocycles. The van der Waals surface area contributed by atoms with E-state index in [9.17, 15) is 4.79 Å². The van der Waals surface area contributed by atoms with Crippen molar-refractivity contribution in [2.24, 2.45) is 0 Å². The first-order chi connectivity index (χ1) is 17.0. The van der Waals surface area contributed by atoms with Crippen LogP contribution >= 0.6 is 0 Å². The maximum Gasteiger partial charge on any atom is 0.255 e. The quantitative estimate of drug-likeness (QED) is 0.354. The Balaban J connectivity index is 1.46. The topological polar surface area (TPSA) is 74.6 Å². The molecule has 4 aromatic rings. The van der Waals surface area contributed by atoms with Gasteiger partial charge in [-0.25, -0.2) is 0 Å². The number of para-hydroxylation sites is 2. The summed E-state index contributed by atoms with van der Waals surface area (Å²) in [5.74, 6) is 1.92. The SMILES string of the molecule is COc1cccc(Cn2nc(C)c(NC(=O)c3cccc(COc4ccccc4OC)c3)c2C)c1. The van der Waals surface area contributed by atoms with Crippen LogP contribution in [-0.2, 0) is 13.2 Å². The average Bonchev–Trinajstić information content (AvgIpc) is 3.15. The van der Waals surface area contributed by atoms with E-state index in [-0.39, 0.29) is 5.91 Å². The van der Waals surface area contributed by atoms with Gasteiger partial charge in [-0.1, -0.05) is 36.4 Å². The second-order valence-electron chi connectivity index (χ2n) is 8.15. The highest BCUT2D eigenvalue weighted by atomic mass is 16.5. The van der Waals surface area contributed by atoms with Gasteiger partial charge in [-0.2, -0.15) is 5.10 Å². The fraction of sp³-hybridized carbons (Fsp3) is 0.214. The zero-order chi connectivity index (χ0) is 24.8. The van der Waals surface area contributed by atoms with Crippen molar-refractivity contribution in [3.63, 3.8) is 0 Å². The number of aromatic nitrogens is 2. The Morgan fingerprint density at radius 2 is 1.63 bits per heavy atom. The van der Waals surface area contributed by atoms with E-state index in [4.69, 9.17) is 14.2 Å². The molecule has 0 atom stereocenters. The van der Waals surface area contributed by atoms with E-state index in [1.807, 2.05) is 85.3 Å². The monoisotopic (exact) mass is 471 g/mol. The fourth-order valence-electron chi connectivity index (χ4n) is 3.86. The number of carbonyl (C=O) groups is 1. The summed E-state index contributed by atoms with van der Waals surface area (Å²) in [4.78, 5) is 13.1. The molecule has 4 rings (SSSR count). The minimum atomic E-state index is -0.198. The van der Waals surface area contributed by atoms with E-state index in [0.29, 0.717) is 35.9 Å². The van der Waals surface area contributed by atoms with Gasteiger partial charge in [0.15, 0.2) is 11.5 Å². The molecule has 0 saturated heterocycles. The van der Waals surface area contributed by atoms with Gasteiger partial charge in [0, 0.05) is 5.56 Å². The molecule has 0 aliphatic heterocycles. The number of rotatable bonds is 9. The second-order valence-corrected chi connectivity index (χ2v) is 8.15. The first-order valence-corrected chi connectivity index (χ1v) is 11.3. The zero-order valence-electron chi connectivity index (χ0n) is 20.4. The van der Waals surface area contributed by atoms with Gasteiger partial charge < -0.3 is 19.5 Å². The minimum absolute atomic E-state index is 0.198. The summed E-state index contributed by atoms with van der Waals surface area (Å²) in [6.07, 6.45) is 0. The van der Waals surface area contributed by atoms with E-state index >= 15 is 0 Å². The summed E-state index contributed by atoms with van der Waals surface area (Å²) in [6.45, 7) is 4.74. The number of amides is 1. The molecule has 0 fully saturated rings. The summed E-state index contributed by atoms with van der Waals surface area (Å²) in [6, 6.07) is 22.7. The zero-order valence-corrected chi connectivity index (χ0v) is 20.4. The molecule has 180 valence electrons. The van der Waals surface area contributed by atoms with Gasteiger partial charge >= 0.3 is 0 Å². The standard InChI is InChI=1S/C28H29N3O4/c1-19-27(20(2)31(30-19)17-21-9-8-12-24(16-21)33-3)29-28(32)23-11-7-10-22(15-23)18-35-26-14-6-5-13-25(26)34-4/h5-16H,17-18H2,1-4H3,(H,29,32). The number of hydrogen-bond donors (Lipinski definition) is 1. The molecule has 0 spiro atoms. The van der Waals surface area contributed by atoms with E-state index in [1.165, 1.54) is 0 Å². The summed E-state index contributed by atoms with van der Waals surface area (Å²) in [5.41, 5.74) is 4.85. The van der Waals surface area contributed by atoms with Crippen molar-refractivity contribution in [2.75, 3.05) is 19.5 Å². The van der Waals surface area contributed by atoms with Crippen molar-refractivity contribution in [1.29, 1.82) is 0 Å². The van der Waals surface area contributed by atoms with Crippen molar-refractivity contribution in [3.05, 3.63) is 101 Å². The minimum Gasteiger partial charge on any atom is -0.497 e. The first-order valence-electron chi connectivity index (χ1n) is 11.3. The summed E-state index contributed by atoms with van der Waals surface area (Å²) in [7, 11) is 3.26. The van der Waals surface area contributed by atoms with E-state index in [1.54, 1.807) is 20.3 Å². The van der Waals surface area contributed by atoms with Gasteiger partial charge in [-0.05, 0) is 61.4 Å². The van der Waals surface area contributed by atoms with Crippen molar-refractivity contribution in [1.82, 2.24) is 9.78 Å². The molecule has 0 saturated carbocycles. The van der Waals surface area contributed by atoms with Crippen LogP contribution in [0.25, 0.3) is 0 Å². The summed E-state index contributed by atoms with van der Waals surface area (Å²) < 4.78 is 18.4. The Morgan fingerprint density at radius 3 is 2.40 bits per heavy atom. The number of ether oxygens (including phenoxy) is 3. The Kier molecular flexibility index (Phi) is 7.35. The number of carbonyl (C=O) groups excluding carboxylic acids is 1. The van der Waals surface area contributed by atoms with Crippen LogP contribution in [0.4, 0.5) is 5.69 Å². The number of methoxy groups -OCH3 is 2. The lowest BCUT2D eigenvalue weighted by Crippen LogP contribution is -2.14. The van der Waals surface area contributed by atoms with Gasteiger partial charge in [0.25, 0.3) is 5.91 Å². The number of nitrogens with one attached hydrogen (secondary N) is 1. The number of hydrogen-bond acceptors (Lipinski definition) is 5. The Labute approximate surface area is 205 Å². The highest BCUT2D eigenvalue weighted by Gasteiger charge is 2.16. The van der Waals surface area contributed by atoms with E-state index in [2.05, 4.69) is 10.4 Å². The van der Waals surface area contributed by atoms with Crippen LogP contribution in [0.2, 0.25) is 0 Å². The highest BCUT2D eigenvalue weighted by molar-refractivity contribution is 6.05. The largest absolute Gasteiger partial charge is 0.497 e. The van der Waals surface area contributed by atoms with Gasteiger partial charge in [0.2, 0.25) is 0 Å². The molecule has 1 N–H and O–H groups in total. The Bertz CT molecular complexity index is 1330. The molecular weight excluding hydrogens is 442 g/mol. The van der Waals surface area contributed by atoms with Crippen molar-refractivity contribution in [2.45, 2.75) is 27.0 Å². The van der Waals surface area contributed by atoms with Crippen LogP contribution < -0.4 is 19.5 Å². The first kappa shape index (κ1) is 23.9. The number of nitrogens with zero attached hydrogens (tertiary/aromatic N) is 2. The van der Waals surface area contributed by atoms with E-state index in [0.717, 1.165) is 28.3 Å². The number of aryl methyl sites for hydroxylation is 1. The summed E-state index contributed by atoms with van der Waals surface area (Å²) >= 11 is 0. The Hall–Kier alpha value is -4.26. The molecule has 7 nitrogen and oxygen atoms in total. The van der Waals surface area contributed by atoms with Gasteiger partial charge in [0.05, 0.1) is 37.8 Å². The maximum atomic E-state index is 13.1. The van der Waals surface area contributed by atoms with Crippen molar-refractivity contribution >= 4 is 11.6 Å². The lowest BCUT2D eigenvalue weighted by molar-refractivity contribution is 0.102. The number of benzene rings is 3. The lowest BCUT2D eigenvalue weighted by Gasteiger charge is -2.11. The number of anilines is 1. The maximum absolute atomic E-state index is 13.1. The molecule has 35 heavy (non-hydrogen) atoms. The molecule has 0 aliphatic carbocycles. The third-order valence-corrected chi connectivity index (χ3v) is 5.74. The predicted molar refractivity (Wildman–Crippen MR) is 136 cm³/mol. The second kappa shape index (κ2) is 10.8. The molecular formula is C28H29N3O4. The average molecular weight is 472 g/mol. The van der Waals surface area contributed by atoms with Gasteiger partial charge in [-0.15, -0.1) is 0 Å². The Morgan fingerprint density at radius 1 is 0.886 bits per heavy atom. The van der Waals surface area contributed by atoms with Crippen LogP contribution in [-0.4, -0.2) is 29.9 Å². The molecule has 0 bridgehead atoms. The highest BCUT2D eigenvalue weighted by Crippen LogP contribution is 2.27. The fourth-order valence-corrected chi connectivity index (χ4v) is 3.86. The van der Waals surface area contributed by atoms with Gasteiger partial charge in [-0.3, -0.25) is 9.48 Å². The molecule has 1 amide bonds. The summed E-state index contributed by atoms with van der Waals surface area (Å²) in [5, 5.41) is 7.67.